The average molecular weight is 253 g/mol. The molecular weight excluding hydrogens is 244 g/mol. The topological polar surface area (TPSA) is 46.3 Å². The zero-order chi connectivity index (χ0) is 11.5. The predicted octanol–water partition coefficient (Wildman–Crippen LogP) is 2.92. The number of thiophene rings is 1. The number of nitrogens with zero attached hydrogens (tertiary/aromatic N) is 1. The van der Waals surface area contributed by atoms with Gasteiger partial charge in [0.05, 0.1) is 0 Å². The van der Waals surface area contributed by atoms with Crippen molar-refractivity contribution in [2.24, 2.45) is 5.84 Å². The lowest BCUT2D eigenvalue weighted by Crippen LogP contribution is -2.36. The molecule has 2 N–H and O–H groups in total. The first kappa shape index (κ1) is 11.1. The summed E-state index contributed by atoms with van der Waals surface area (Å²) in [7, 11) is 0. The molecule has 82 valence electrons. The van der Waals surface area contributed by atoms with E-state index in [1.54, 1.807) is 30.3 Å². The SMILES string of the molecule is NN(C(=O)c1ccc(Cl)cc1)c1cccs1. The van der Waals surface area contributed by atoms with Crippen molar-refractivity contribution in [1.29, 1.82) is 0 Å². The predicted molar refractivity (Wildman–Crippen MR) is 66.8 cm³/mol. The third-order valence-electron chi connectivity index (χ3n) is 2.05. The minimum Gasteiger partial charge on any atom is -0.267 e. The van der Waals surface area contributed by atoms with Crippen molar-refractivity contribution in [3.63, 3.8) is 0 Å². The second kappa shape index (κ2) is 4.65. The molecule has 2 rings (SSSR count). The number of carbonyl (C=O) groups excluding carboxylic acids is 1. The number of rotatable bonds is 2. The lowest BCUT2D eigenvalue weighted by Gasteiger charge is -2.14. The lowest BCUT2D eigenvalue weighted by molar-refractivity contribution is 0.0987. The van der Waals surface area contributed by atoms with Crippen LogP contribution >= 0.6 is 22.9 Å². The molecule has 0 saturated heterocycles. The maximum absolute atomic E-state index is 11.9. The monoisotopic (exact) mass is 252 g/mol. The number of hydrazine groups is 1. The van der Waals surface area contributed by atoms with Crippen LogP contribution in [0.1, 0.15) is 10.4 Å². The molecule has 0 saturated carbocycles. The molecule has 0 spiro atoms. The van der Waals surface area contributed by atoms with Crippen LogP contribution in [0.25, 0.3) is 0 Å². The first-order valence-electron chi connectivity index (χ1n) is 4.57. The molecule has 0 aliphatic carbocycles. The first-order chi connectivity index (χ1) is 7.68. The van der Waals surface area contributed by atoms with Crippen LogP contribution in [0, 0.1) is 0 Å². The van der Waals surface area contributed by atoms with Crippen molar-refractivity contribution in [3.8, 4) is 0 Å². The molecule has 0 unspecified atom stereocenters. The molecule has 3 nitrogen and oxygen atoms in total. The molecule has 5 heteroatoms. The van der Waals surface area contributed by atoms with Gasteiger partial charge in [0.1, 0.15) is 5.00 Å². The fraction of sp³-hybridized carbons (Fsp3) is 0. The normalized spacial score (nSPS) is 10.1. The summed E-state index contributed by atoms with van der Waals surface area (Å²) in [5.41, 5.74) is 0.514. The molecule has 0 atom stereocenters. The Morgan fingerprint density at radius 2 is 1.94 bits per heavy atom. The van der Waals surface area contributed by atoms with Gasteiger partial charge in [0.25, 0.3) is 5.91 Å². The van der Waals surface area contributed by atoms with E-state index >= 15 is 0 Å². The summed E-state index contributed by atoms with van der Waals surface area (Å²) >= 11 is 7.15. The standard InChI is InChI=1S/C11H9ClN2OS/c12-9-5-3-8(4-6-9)11(15)14(13)10-2-1-7-16-10/h1-7H,13H2. The number of hydrogen-bond acceptors (Lipinski definition) is 3. The van der Waals surface area contributed by atoms with Crippen molar-refractivity contribution in [3.05, 3.63) is 52.4 Å². The molecule has 1 aromatic carbocycles. The minimum absolute atomic E-state index is 0.251. The van der Waals surface area contributed by atoms with E-state index in [9.17, 15) is 4.79 Å². The summed E-state index contributed by atoms with van der Waals surface area (Å²) in [5, 5.41) is 4.30. The molecule has 1 aromatic heterocycles. The second-order valence-corrected chi connectivity index (χ2v) is 4.50. The zero-order valence-corrected chi connectivity index (χ0v) is 9.83. The van der Waals surface area contributed by atoms with E-state index in [1.165, 1.54) is 11.3 Å². The Balaban J connectivity index is 2.22. The maximum atomic E-state index is 11.9. The van der Waals surface area contributed by atoms with Gasteiger partial charge in [-0.25, -0.2) is 10.9 Å². The molecule has 16 heavy (non-hydrogen) atoms. The number of carbonyl (C=O) groups is 1. The molecule has 1 amide bonds. The van der Waals surface area contributed by atoms with Crippen molar-refractivity contribution < 1.29 is 4.79 Å². The quantitative estimate of drug-likeness (QED) is 0.508. The molecule has 0 fully saturated rings. The Kier molecular flexibility index (Phi) is 3.24. The molecule has 0 bridgehead atoms. The van der Waals surface area contributed by atoms with E-state index in [0.717, 1.165) is 5.01 Å². The van der Waals surface area contributed by atoms with Crippen LogP contribution in [0.3, 0.4) is 0 Å². The Hall–Kier alpha value is -1.36. The third kappa shape index (κ3) is 2.24. The Bertz CT molecular complexity index is 481. The van der Waals surface area contributed by atoms with Gasteiger partial charge in [-0.05, 0) is 41.8 Å². The van der Waals surface area contributed by atoms with Crippen LogP contribution in [-0.2, 0) is 0 Å². The van der Waals surface area contributed by atoms with Gasteiger partial charge in [-0.3, -0.25) is 4.79 Å². The van der Waals surface area contributed by atoms with Crippen molar-refractivity contribution in [1.82, 2.24) is 0 Å². The highest BCUT2D eigenvalue weighted by Gasteiger charge is 2.14. The lowest BCUT2D eigenvalue weighted by atomic mass is 10.2. The molecule has 1 heterocycles. The summed E-state index contributed by atoms with van der Waals surface area (Å²) in [6, 6.07) is 10.3. The third-order valence-corrected chi connectivity index (χ3v) is 3.17. The van der Waals surface area contributed by atoms with Crippen LogP contribution in [-0.4, -0.2) is 5.91 Å². The number of hydrogen-bond donors (Lipinski definition) is 1. The highest BCUT2D eigenvalue weighted by molar-refractivity contribution is 7.14. The van der Waals surface area contributed by atoms with Crippen molar-refractivity contribution in [2.75, 3.05) is 5.01 Å². The molecular formula is C11H9ClN2OS. The smallest absolute Gasteiger partial charge is 0.267 e. The number of anilines is 1. The molecule has 0 aliphatic heterocycles. The highest BCUT2D eigenvalue weighted by Crippen LogP contribution is 2.20. The van der Waals surface area contributed by atoms with Gasteiger partial charge < -0.3 is 0 Å². The van der Waals surface area contributed by atoms with Gasteiger partial charge in [-0.2, -0.15) is 0 Å². The van der Waals surface area contributed by atoms with E-state index in [1.807, 2.05) is 11.4 Å². The van der Waals surface area contributed by atoms with Crippen LogP contribution in [0.4, 0.5) is 5.00 Å². The Morgan fingerprint density at radius 3 is 2.50 bits per heavy atom. The van der Waals surface area contributed by atoms with E-state index in [0.29, 0.717) is 15.6 Å². The molecule has 0 radical (unpaired) electrons. The van der Waals surface area contributed by atoms with E-state index in [4.69, 9.17) is 17.4 Å². The maximum Gasteiger partial charge on any atom is 0.273 e. The van der Waals surface area contributed by atoms with Crippen molar-refractivity contribution >= 4 is 33.8 Å². The number of halogens is 1. The van der Waals surface area contributed by atoms with E-state index in [-0.39, 0.29) is 5.91 Å². The summed E-state index contributed by atoms with van der Waals surface area (Å²) in [4.78, 5) is 11.9. The summed E-state index contributed by atoms with van der Waals surface area (Å²) in [6.45, 7) is 0. The fourth-order valence-corrected chi connectivity index (χ4v) is 2.01. The average Bonchev–Trinajstić information content (AvgIpc) is 2.81. The van der Waals surface area contributed by atoms with Gasteiger partial charge in [0, 0.05) is 10.6 Å². The number of nitrogens with two attached hydrogens (primary N) is 1. The zero-order valence-electron chi connectivity index (χ0n) is 8.26. The van der Waals surface area contributed by atoms with Crippen LogP contribution < -0.4 is 10.9 Å². The van der Waals surface area contributed by atoms with Crippen LogP contribution in [0.15, 0.2) is 41.8 Å². The second-order valence-electron chi connectivity index (χ2n) is 3.13. The summed E-state index contributed by atoms with van der Waals surface area (Å²) < 4.78 is 0. The molecule has 2 aromatic rings. The fourth-order valence-electron chi connectivity index (χ4n) is 1.24. The number of benzene rings is 1. The summed E-state index contributed by atoms with van der Waals surface area (Å²) in [6.07, 6.45) is 0. The van der Waals surface area contributed by atoms with Crippen molar-refractivity contribution in [2.45, 2.75) is 0 Å². The van der Waals surface area contributed by atoms with Gasteiger partial charge in [0.2, 0.25) is 0 Å². The van der Waals surface area contributed by atoms with Gasteiger partial charge in [-0.1, -0.05) is 11.6 Å². The van der Waals surface area contributed by atoms with Gasteiger partial charge in [0.15, 0.2) is 0 Å². The number of amides is 1. The Morgan fingerprint density at radius 1 is 1.25 bits per heavy atom. The summed E-state index contributed by atoms with van der Waals surface area (Å²) in [5.74, 6) is 5.46. The van der Waals surface area contributed by atoms with Gasteiger partial charge >= 0.3 is 0 Å². The highest BCUT2D eigenvalue weighted by atomic mass is 35.5. The van der Waals surface area contributed by atoms with Crippen LogP contribution in [0.5, 0.6) is 0 Å². The van der Waals surface area contributed by atoms with E-state index in [2.05, 4.69) is 0 Å². The molecule has 0 aliphatic rings. The van der Waals surface area contributed by atoms with Crippen LogP contribution in [0.2, 0.25) is 5.02 Å². The minimum atomic E-state index is -0.251. The van der Waals surface area contributed by atoms with Gasteiger partial charge in [-0.15, -0.1) is 11.3 Å². The first-order valence-corrected chi connectivity index (χ1v) is 5.82. The largest absolute Gasteiger partial charge is 0.273 e. The van der Waals surface area contributed by atoms with E-state index < -0.39 is 0 Å². The Labute approximate surface area is 102 Å².